The van der Waals surface area contributed by atoms with Gasteiger partial charge in [-0.05, 0) is 12.8 Å². The molecule has 0 amide bonds. The van der Waals surface area contributed by atoms with E-state index in [0.29, 0.717) is 31.8 Å². The van der Waals surface area contributed by atoms with Crippen LogP contribution in [0, 0.1) is 5.41 Å². The highest BCUT2D eigenvalue weighted by atomic mass is 19.4. The van der Waals surface area contributed by atoms with Crippen LogP contribution in [0.25, 0.3) is 11.2 Å². The SMILES string of the molecule is FC(F)(F)c1nc(N2CC[C@@]3(CCOC3)C2)c2[nH]cnc2n1. The van der Waals surface area contributed by atoms with Gasteiger partial charge in [0.25, 0.3) is 0 Å². The zero-order valence-electron chi connectivity index (χ0n) is 11.7. The van der Waals surface area contributed by atoms with Gasteiger partial charge in [0.2, 0.25) is 5.82 Å². The maximum Gasteiger partial charge on any atom is 0.451 e. The van der Waals surface area contributed by atoms with Crippen LogP contribution in [-0.2, 0) is 10.9 Å². The number of aromatic amines is 1. The number of ether oxygens (including phenoxy) is 1. The number of halogens is 3. The van der Waals surface area contributed by atoms with Crippen LogP contribution >= 0.6 is 0 Å². The van der Waals surface area contributed by atoms with Crippen LogP contribution in [-0.4, -0.2) is 46.2 Å². The molecule has 1 N–H and O–H groups in total. The minimum Gasteiger partial charge on any atom is -0.381 e. The van der Waals surface area contributed by atoms with Gasteiger partial charge in [0, 0.05) is 25.1 Å². The minimum atomic E-state index is -4.59. The Morgan fingerprint density at radius 1 is 1.27 bits per heavy atom. The van der Waals surface area contributed by atoms with Crippen LogP contribution < -0.4 is 4.90 Å². The number of alkyl halides is 3. The molecule has 4 heterocycles. The zero-order chi connectivity index (χ0) is 15.4. The summed E-state index contributed by atoms with van der Waals surface area (Å²) in [5.74, 6) is -0.871. The van der Waals surface area contributed by atoms with Crippen LogP contribution in [0.5, 0.6) is 0 Å². The lowest BCUT2D eigenvalue weighted by molar-refractivity contribution is -0.144. The summed E-state index contributed by atoms with van der Waals surface area (Å²) >= 11 is 0. The van der Waals surface area contributed by atoms with Crippen molar-refractivity contribution in [2.75, 3.05) is 31.2 Å². The van der Waals surface area contributed by atoms with E-state index < -0.39 is 12.0 Å². The van der Waals surface area contributed by atoms with Crippen LogP contribution in [0.4, 0.5) is 19.0 Å². The summed E-state index contributed by atoms with van der Waals surface area (Å²) in [6.45, 7) is 2.68. The molecule has 22 heavy (non-hydrogen) atoms. The lowest BCUT2D eigenvalue weighted by Gasteiger charge is -2.23. The van der Waals surface area contributed by atoms with Crippen LogP contribution in [0.1, 0.15) is 18.7 Å². The quantitative estimate of drug-likeness (QED) is 0.872. The first-order valence-corrected chi connectivity index (χ1v) is 7.08. The van der Waals surface area contributed by atoms with Gasteiger partial charge < -0.3 is 14.6 Å². The van der Waals surface area contributed by atoms with Crippen molar-refractivity contribution in [1.82, 2.24) is 19.9 Å². The van der Waals surface area contributed by atoms with Crippen molar-refractivity contribution < 1.29 is 17.9 Å². The van der Waals surface area contributed by atoms with Crippen molar-refractivity contribution >= 4 is 17.0 Å². The third-order valence-corrected chi connectivity index (χ3v) is 4.44. The number of imidazole rings is 1. The normalized spacial score (nSPS) is 25.7. The van der Waals surface area contributed by atoms with Gasteiger partial charge in [0.15, 0.2) is 11.5 Å². The largest absolute Gasteiger partial charge is 0.451 e. The Morgan fingerprint density at radius 2 is 2.14 bits per heavy atom. The topological polar surface area (TPSA) is 66.9 Å². The van der Waals surface area contributed by atoms with E-state index in [4.69, 9.17) is 4.74 Å². The second-order valence-electron chi connectivity index (χ2n) is 5.94. The summed E-state index contributed by atoms with van der Waals surface area (Å²) in [5.41, 5.74) is 0.528. The van der Waals surface area contributed by atoms with Crippen molar-refractivity contribution in [3.05, 3.63) is 12.2 Å². The molecule has 0 aliphatic carbocycles. The minimum absolute atomic E-state index is 0.0374. The second kappa shape index (κ2) is 4.55. The second-order valence-corrected chi connectivity index (χ2v) is 5.94. The highest BCUT2D eigenvalue weighted by Gasteiger charge is 2.43. The number of H-pyrrole nitrogens is 1. The molecule has 0 saturated carbocycles. The van der Waals surface area contributed by atoms with E-state index in [0.717, 1.165) is 12.8 Å². The van der Waals surface area contributed by atoms with Crippen molar-refractivity contribution in [2.24, 2.45) is 5.41 Å². The van der Waals surface area contributed by atoms with Crippen molar-refractivity contribution in [2.45, 2.75) is 19.0 Å². The van der Waals surface area contributed by atoms with Crippen LogP contribution in [0.15, 0.2) is 6.33 Å². The summed E-state index contributed by atoms with van der Waals surface area (Å²) in [4.78, 5) is 15.8. The van der Waals surface area contributed by atoms with E-state index in [2.05, 4.69) is 19.9 Å². The highest BCUT2D eigenvalue weighted by molar-refractivity contribution is 5.83. The third kappa shape index (κ3) is 2.11. The first-order chi connectivity index (χ1) is 10.5. The zero-order valence-corrected chi connectivity index (χ0v) is 11.7. The Kier molecular flexibility index (Phi) is 2.84. The first-order valence-electron chi connectivity index (χ1n) is 7.08. The number of nitrogens with one attached hydrogen (secondary N) is 1. The lowest BCUT2D eigenvalue weighted by atomic mass is 9.87. The number of fused-ring (bicyclic) bond motifs is 1. The van der Waals surface area contributed by atoms with E-state index in [-0.39, 0.29) is 16.9 Å². The lowest BCUT2D eigenvalue weighted by Crippen LogP contribution is -2.28. The molecule has 6 nitrogen and oxygen atoms in total. The molecule has 2 aliphatic heterocycles. The summed E-state index contributed by atoms with van der Waals surface area (Å²) < 4.78 is 44.4. The van der Waals surface area contributed by atoms with Gasteiger partial charge in [0.1, 0.15) is 5.52 Å². The van der Waals surface area contributed by atoms with Crippen molar-refractivity contribution in [3.8, 4) is 0 Å². The molecule has 2 aromatic heterocycles. The van der Waals surface area contributed by atoms with Gasteiger partial charge in [0.05, 0.1) is 12.9 Å². The number of aromatic nitrogens is 4. The van der Waals surface area contributed by atoms with Crippen LogP contribution in [0.3, 0.4) is 0 Å². The molecule has 0 unspecified atom stereocenters. The fraction of sp³-hybridized carbons (Fsp3) is 0.615. The number of hydrogen-bond acceptors (Lipinski definition) is 5. The Bertz CT molecular complexity index is 707. The standard InChI is InChI=1S/C13H14F3N5O/c14-13(15,16)11-19-9-8(17-7-18-9)10(20-11)21-3-1-12(5-21)2-4-22-6-12/h7H,1-6H2,(H,17,18,19,20)/t12-/m1/s1. The summed E-state index contributed by atoms with van der Waals surface area (Å²) in [7, 11) is 0. The third-order valence-electron chi connectivity index (χ3n) is 4.44. The average Bonchev–Trinajstić information content (AvgIpc) is 3.19. The smallest absolute Gasteiger partial charge is 0.381 e. The molecule has 0 bridgehead atoms. The number of nitrogens with zero attached hydrogens (tertiary/aromatic N) is 4. The Labute approximate surface area is 123 Å². The molecular weight excluding hydrogens is 299 g/mol. The molecule has 118 valence electrons. The summed E-state index contributed by atoms with van der Waals surface area (Å²) in [6, 6.07) is 0. The Hall–Kier alpha value is -1.90. The van der Waals surface area contributed by atoms with E-state index in [1.807, 2.05) is 4.90 Å². The molecule has 2 saturated heterocycles. The average molecular weight is 313 g/mol. The molecule has 0 aromatic carbocycles. The van der Waals surface area contributed by atoms with Gasteiger partial charge in [-0.3, -0.25) is 0 Å². The molecule has 0 radical (unpaired) electrons. The highest BCUT2D eigenvalue weighted by Crippen LogP contribution is 2.41. The predicted molar refractivity (Wildman–Crippen MR) is 71.4 cm³/mol. The predicted octanol–water partition coefficient (Wildman–Crippen LogP) is 1.99. The van der Waals surface area contributed by atoms with Gasteiger partial charge in [-0.2, -0.15) is 13.2 Å². The Balaban J connectivity index is 1.76. The van der Waals surface area contributed by atoms with E-state index in [1.165, 1.54) is 6.33 Å². The number of anilines is 1. The number of rotatable bonds is 1. The maximum atomic E-state index is 13.0. The fourth-order valence-corrected chi connectivity index (χ4v) is 3.26. The molecular formula is C13H14F3N5O. The molecule has 2 aromatic rings. The fourth-order valence-electron chi connectivity index (χ4n) is 3.26. The molecule has 1 spiro atoms. The van der Waals surface area contributed by atoms with E-state index >= 15 is 0 Å². The first kappa shape index (κ1) is 13.7. The molecule has 4 rings (SSSR count). The Morgan fingerprint density at radius 3 is 2.86 bits per heavy atom. The monoisotopic (exact) mass is 313 g/mol. The van der Waals surface area contributed by atoms with Gasteiger partial charge >= 0.3 is 6.18 Å². The summed E-state index contributed by atoms with van der Waals surface area (Å²) in [6.07, 6.45) is -1.41. The van der Waals surface area contributed by atoms with Gasteiger partial charge in [-0.25, -0.2) is 15.0 Å². The van der Waals surface area contributed by atoms with E-state index in [1.54, 1.807) is 0 Å². The summed E-state index contributed by atoms with van der Waals surface area (Å²) in [5, 5.41) is 0. The molecule has 1 atom stereocenters. The van der Waals surface area contributed by atoms with Crippen molar-refractivity contribution in [3.63, 3.8) is 0 Å². The van der Waals surface area contributed by atoms with Crippen LogP contribution in [0.2, 0.25) is 0 Å². The van der Waals surface area contributed by atoms with Gasteiger partial charge in [-0.1, -0.05) is 0 Å². The van der Waals surface area contributed by atoms with E-state index in [9.17, 15) is 13.2 Å². The molecule has 9 heteroatoms. The molecule has 2 fully saturated rings. The molecule has 2 aliphatic rings. The van der Waals surface area contributed by atoms with Crippen molar-refractivity contribution in [1.29, 1.82) is 0 Å². The maximum absolute atomic E-state index is 13.0. The number of hydrogen-bond donors (Lipinski definition) is 1. The van der Waals surface area contributed by atoms with Gasteiger partial charge in [-0.15, -0.1) is 0 Å².